The highest BCUT2D eigenvalue weighted by Gasteiger charge is 2.27. The minimum Gasteiger partial charge on any atom is -0.294 e. The molecule has 0 spiro atoms. The van der Waals surface area contributed by atoms with Crippen LogP contribution in [0, 0.1) is 0 Å². The third-order valence-electron chi connectivity index (χ3n) is 3.23. The third kappa shape index (κ3) is 4.08. The van der Waals surface area contributed by atoms with Crippen molar-refractivity contribution in [3.05, 3.63) is 17.0 Å². The van der Waals surface area contributed by atoms with Gasteiger partial charge in [-0.25, -0.2) is 0 Å². The van der Waals surface area contributed by atoms with Crippen molar-refractivity contribution in [2.24, 2.45) is 0 Å². The standard InChI is InChI=1S/C14H21F3N2O/c1-4-10-13(12(20)6-3)11(5-2)19(18-10)9-7-8-14(15,16)17/h4-9H2,1-3H3. The predicted octanol–water partition coefficient (Wildman–Crippen LogP) is 3.94. The summed E-state index contributed by atoms with van der Waals surface area (Å²) in [7, 11) is 0. The van der Waals surface area contributed by atoms with E-state index in [2.05, 4.69) is 5.10 Å². The van der Waals surface area contributed by atoms with Crippen molar-refractivity contribution in [2.75, 3.05) is 0 Å². The Morgan fingerprint density at radius 2 is 1.85 bits per heavy atom. The molecule has 114 valence electrons. The second kappa shape index (κ2) is 6.90. The Hall–Kier alpha value is -1.33. The molecule has 3 nitrogen and oxygen atoms in total. The van der Waals surface area contributed by atoms with Crippen LogP contribution in [0.4, 0.5) is 13.2 Å². The lowest BCUT2D eigenvalue weighted by molar-refractivity contribution is -0.136. The van der Waals surface area contributed by atoms with Gasteiger partial charge in [-0.2, -0.15) is 18.3 Å². The van der Waals surface area contributed by atoms with E-state index >= 15 is 0 Å². The van der Waals surface area contributed by atoms with Crippen molar-refractivity contribution in [1.82, 2.24) is 9.78 Å². The van der Waals surface area contributed by atoms with E-state index in [1.807, 2.05) is 13.8 Å². The van der Waals surface area contributed by atoms with Crippen LogP contribution < -0.4 is 0 Å². The molecule has 1 rings (SSSR count). The lowest BCUT2D eigenvalue weighted by Crippen LogP contribution is -2.12. The quantitative estimate of drug-likeness (QED) is 0.713. The summed E-state index contributed by atoms with van der Waals surface area (Å²) in [5.41, 5.74) is 2.07. The molecule has 0 saturated heterocycles. The molecule has 0 aromatic carbocycles. The number of Topliss-reactive ketones (excluding diaryl/α,β-unsaturated/α-hetero) is 1. The minimum atomic E-state index is -4.14. The molecule has 0 aliphatic heterocycles. The number of halogens is 3. The molecule has 0 amide bonds. The molecule has 0 fully saturated rings. The first-order valence-electron chi connectivity index (χ1n) is 7.02. The average Bonchev–Trinajstić information content (AvgIpc) is 2.74. The van der Waals surface area contributed by atoms with E-state index < -0.39 is 12.6 Å². The van der Waals surface area contributed by atoms with Crippen molar-refractivity contribution in [3.8, 4) is 0 Å². The first kappa shape index (κ1) is 16.7. The molecule has 0 bridgehead atoms. The zero-order valence-corrected chi connectivity index (χ0v) is 12.2. The van der Waals surface area contributed by atoms with E-state index in [-0.39, 0.29) is 18.7 Å². The van der Waals surface area contributed by atoms with Gasteiger partial charge in [-0.1, -0.05) is 20.8 Å². The number of hydrogen-bond donors (Lipinski definition) is 0. The molecule has 1 heterocycles. The highest BCUT2D eigenvalue weighted by Crippen LogP contribution is 2.23. The van der Waals surface area contributed by atoms with Crippen LogP contribution >= 0.6 is 0 Å². The maximum atomic E-state index is 12.2. The summed E-state index contributed by atoms with van der Waals surface area (Å²) >= 11 is 0. The van der Waals surface area contributed by atoms with Crippen LogP contribution in [0.3, 0.4) is 0 Å². The van der Waals surface area contributed by atoms with Crippen molar-refractivity contribution in [2.45, 2.75) is 65.6 Å². The summed E-state index contributed by atoms with van der Waals surface area (Å²) in [5.74, 6) is 0.0146. The summed E-state index contributed by atoms with van der Waals surface area (Å²) in [5, 5.41) is 4.32. The van der Waals surface area contributed by atoms with Crippen LogP contribution in [-0.4, -0.2) is 21.7 Å². The van der Waals surface area contributed by atoms with Gasteiger partial charge in [-0.15, -0.1) is 0 Å². The molecule has 0 atom stereocenters. The van der Waals surface area contributed by atoms with E-state index in [0.29, 0.717) is 30.5 Å². The fourth-order valence-corrected chi connectivity index (χ4v) is 2.27. The molecule has 0 aliphatic rings. The van der Waals surface area contributed by atoms with Gasteiger partial charge >= 0.3 is 6.18 Å². The Morgan fingerprint density at radius 3 is 2.30 bits per heavy atom. The Bertz CT molecular complexity index is 464. The summed E-state index contributed by atoms with van der Waals surface area (Å²) < 4.78 is 38.1. The number of ketones is 1. The van der Waals surface area contributed by atoms with E-state index in [9.17, 15) is 18.0 Å². The molecule has 6 heteroatoms. The first-order valence-corrected chi connectivity index (χ1v) is 7.02. The van der Waals surface area contributed by atoms with Gasteiger partial charge in [0.05, 0.1) is 11.3 Å². The van der Waals surface area contributed by atoms with Crippen molar-refractivity contribution in [3.63, 3.8) is 0 Å². The van der Waals surface area contributed by atoms with Crippen LogP contribution in [0.1, 0.15) is 61.8 Å². The number of hydrogen-bond acceptors (Lipinski definition) is 2. The summed E-state index contributed by atoms with van der Waals surface area (Å²) in [6.45, 7) is 5.77. The number of carbonyl (C=O) groups is 1. The average molecular weight is 290 g/mol. The second-order valence-corrected chi connectivity index (χ2v) is 4.69. The summed E-state index contributed by atoms with van der Waals surface area (Å²) in [4.78, 5) is 12.0. The summed E-state index contributed by atoms with van der Waals surface area (Å²) in [6.07, 6.45) is -3.39. The number of aromatic nitrogens is 2. The Balaban J connectivity index is 2.96. The van der Waals surface area contributed by atoms with Crippen LogP contribution in [-0.2, 0) is 19.4 Å². The molecule has 0 N–H and O–H groups in total. The van der Waals surface area contributed by atoms with Gasteiger partial charge in [0.25, 0.3) is 0 Å². The number of carbonyl (C=O) groups excluding carboxylic acids is 1. The smallest absolute Gasteiger partial charge is 0.294 e. The minimum absolute atomic E-state index is 0.0128. The van der Waals surface area contributed by atoms with Crippen LogP contribution in [0.2, 0.25) is 0 Å². The number of rotatable bonds is 7. The van der Waals surface area contributed by atoms with Crippen molar-refractivity contribution >= 4 is 5.78 Å². The number of alkyl halides is 3. The lowest BCUT2D eigenvalue weighted by atomic mass is 10.0. The highest BCUT2D eigenvalue weighted by atomic mass is 19.4. The Labute approximate surface area is 117 Å². The Kier molecular flexibility index (Phi) is 5.77. The van der Waals surface area contributed by atoms with Gasteiger partial charge in [0.1, 0.15) is 0 Å². The van der Waals surface area contributed by atoms with Gasteiger partial charge in [-0.3, -0.25) is 9.48 Å². The molecule has 0 aliphatic carbocycles. The van der Waals surface area contributed by atoms with E-state index in [0.717, 1.165) is 5.69 Å². The van der Waals surface area contributed by atoms with Crippen LogP contribution in [0.25, 0.3) is 0 Å². The van der Waals surface area contributed by atoms with Crippen molar-refractivity contribution in [1.29, 1.82) is 0 Å². The van der Waals surface area contributed by atoms with E-state index in [4.69, 9.17) is 0 Å². The monoisotopic (exact) mass is 290 g/mol. The van der Waals surface area contributed by atoms with Crippen molar-refractivity contribution < 1.29 is 18.0 Å². The summed E-state index contributed by atoms with van der Waals surface area (Å²) in [6, 6.07) is 0. The van der Waals surface area contributed by atoms with Gasteiger partial charge < -0.3 is 0 Å². The Morgan fingerprint density at radius 1 is 1.20 bits per heavy atom. The van der Waals surface area contributed by atoms with Crippen LogP contribution in [0.5, 0.6) is 0 Å². The maximum Gasteiger partial charge on any atom is 0.389 e. The first-order chi connectivity index (χ1) is 9.34. The van der Waals surface area contributed by atoms with E-state index in [1.165, 1.54) is 0 Å². The topological polar surface area (TPSA) is 34.9 Å². The third-order valence-corrected chi connectivity index (χ3v) is 3.23. The molecular weight excluding hydrogens is 269 g/mol. The maximum absolute atomic E-state index is 12.2. The highest BCUT2D eigenvalue weighted by molar-refractivity contribution is 5.98. The zero-order chi connectivity index (χ0) is 15.3. The zero-order valence-electron chi connectivity index (χ0n) is 12.2. The molecular formula is C14H21F3N2O. The molecule has 1 aromatic rings. The van der Waals surface area contributed by atoms with Gasteiger partial charge in [-0.05, 0) is 19.3 Å². The molecule has 1 aromatic heterocycles. The lowest BCUT2D eigenvalue weighted by Gasteiger charge is -2.09. The molecule has 0 unspecified atom stereocenters. The van der Waals surface area contributed by atoms with Gasteiger partial charge in [0, 0.05) is 25.1 Å². The fraction of sp³-hybridized carbons (Fsp3) is 0.714. The fourth-order valence-electron chi connectivity index (χ4n) is 2.27. The predicted molar refractivity (Wildman–Crippen MR) is 70.9 cm³/mol. The van der Waals surface area contributed by atoms with Gasteiger partial charge in [0.2, 0.25) is 0 Å². The molecule has 20 heavy (non-hydrogen) atoms. The largest absolute Gasteiger partial charge is 0.389 e. The number of nitrogens with zero attached hydrogens (tertiary/aromatic N) is 2. The molecule has 0 radical (unpaired) electrons. The normalized spacial score (nSPS) is 11.9. The molecule has 0 saturated carbocycles. The number of aryl methyl sites for hydroxylation is 2. The second-order valence-electron chi connectivity index (χ2n) is 4.69. The van der Waals surface area contributed by atoms with E-state index in [1.54, 1.807) is 11.6 Å². The van der Waals surface area contributed by atoms with Crippen LogP contribution in [0.15, 0.2) is 0 Å². The van der Waals surface area contributed by atoms with Gasteiger partial charge in [0.15, 0.2) is 5.78 Å². The SMILES string of the molecule is CCC(=O)c1c(CC)nn(CCCC(F)(F)F)c1CC.